The van der Waals surface area contributed by atoms with E-state index < -0.39 is 89.2 Å². The van der Waals surface area contributed by atoms with Gasteiger partial charge in [0, 0.05) is 42.0 Å². The first-order chi connectivity index (χ1) is 17.9. The highest BCUT2D eigenvalue weighted by molar-refractivity contribution is 6.31. The molecule has 0 amide bonds. The van der Waals surface area contributed by atoms with Crippen LogP contribution in [0.1, 0.15) is 68.8 Å². The van der Waals surface area contributed by atoms with Crippen LogP contribution >= 0.6 is 0 Å². The van der Waals surface area contributed by atoms with Crippen LogP contribution in [0.5, 0.6) is 17.2 Å². The third-order valence-electron chi connectivity index (χ3n) is 7.54. The molecule has 38 heavy (non-hydrogen) atoms. The van der Waals surface area contributed by atoms with Gasteiger partial charge in [-0.05, 0) is 13.0 Å². The smallest absolute Gasteiger partial charge is 0.336 e. The molecule has 5 rings (SSSR count). The summed E-state index contributed by atoms with van der Waals surface area (Å²) in [4.78, 5) is 39.1. The van der Waals surface area contributed by atoms with E-state index in [0.29, 0.717) is 0 Å². The summed E-state index contributed by atoms with van der Waals surface area (Å²) in [6.45, 7) is 1.57. The second-order valence-corrected chi connectivity index (χ2v) is 9.88. The topological polar surface area (TPSA) is 206 Å². The van der Waals surface area contributed by atoms with Gasteiger partial charge in [0.25, 0.3) is 0 Å². The summed E-state index contributed by atoms with van der Waals surface area (Å²) in [6.07, 6.45) is -5.42. The summed E-state index contributed by atoms with van der Waals surface area (Å²) in [5.74, 6) is -4.52. The van der Waals surface area contributed by atoms with Gasteiger partial charge in [0.05, 0.1) is 42.1 Å². The fourth-order valence-electron chi connectivity index (χ4n) is 5.55. The molecular formula is C26H27NO11. The molecule has 2 aromatic carbocycles. The molecule has 1 aliphatic heterocycles. The van der Waals surface area contributed by atoms with Crippen molar-refractivity contribution in [3.8, 4) is 17.2 Å². The Kier molecular flexibility index (Phi) is 6.20. The number of carbonyl (C=O) groups is 3. The van der Waals surface area contributed by atoms with Gasteiger partial charge in [0.1, 0.15) is 17.2 Å². The van der Waals surface area contributed by atoms with Crippen LogP contribution in [0, 0.1) is 0 Å². The van der Waals surface area contributed by atoms with Gasteiger partial charge < -0.3 is 45.5 Å². The number of ether oxygens (including phenoxy) is 3. The molecule has 0 saturated carbocycles. The summed E-state index contributed by atoms with van der Waals surface area (Å²) in [5, 5.41) is 53.5. The number of carboxylic acid groups (broad SMARTS) is 1. The Bertz CT molecular complexity index is 1360. The highest BCUT2D eigenvalue weighted by Gasteiger charge is 2.50. The van der Waals surface area contributed by atoms with Crippen LogP contribution in [0.2, 0.25) is 0 Å². The van der Waals surface area contributed by atoms with E-state index in [4.69, 9.17) is 19.9 Å². The summed E-state index contributed by atoms with van der Waals surface area (Å²) >= 11 is 0. The van der Waals surface area contributed by atoms with Crippen molar-refractivity contribution in [1.82, 2.24) is 0 Å². The molecule has 3 aliphatic rings. The molecule has 0 unspecified atom stereocenters. The van der Waals surface area contributed by atoms with Gasteiger partial charge in [-0.3, -0.25) is 9.59 Å². The summed E-state index contributed by atoms with van der Waals surface area (Å²) in [6, 6.07) is 3.60. The van der Waals surface area contributed by atoms with Gasteiger partial charge in [-0.15, -0.1) is 0 Å². The molecule has 0 bridgehead atoms. The molecule has 12 heteroatoms. The number of aliphatic carboxylic acids is 1. The van der Waals surface area contributed by atoms with Gasteiger partial charge in [0.15, 0.2) is 17.7 Å². The predicted molar refractivity (Wildman–Crippen MR) is 127 cm³/mol. The number of phenols is 2. The molecule has 202 valence electrons. The van der Waals surface area contributed by atoms with Crippen LogP contribution in [0.3, 0.4) is 0 Å². The van der Waals surface area contributed by atoms with Crippen molar-refractivity contribution >= 4 is 17.5 Å². The molecule has 1 heterocycles. The highest BCUT2D eigenvalue weighted by Crippen LogP contribution is 2.52. The number of carbonyl (C=O) groups excluding carboxylic acids is 2. The Labute approximate surface area is 216 Å². The van der Waals surface area contributed by atoms with E-state index in [2.05, 4.69) is 0 Å². The average molecular weight is 529 g/mol. The van der Waals surface area contributed by atoms with Gasteiger partial charge in [0.2, 0.25) is 5.78 Å². The van der Waals surface area contributed by atoms with E-state index in [0.717, 1.165) is 0 Å². The lowest BCUT2D eigenvalue weighted by Crippen LogP contribution is -2.52. The number of phenolic OH excluding ortho intramolecular Hbond substituents is 2. The summed E-state index contributed by atoms with van der Waals surface area (Å²) in [7, 11) is 1.32. The Hall–Kier alpha value is -3.55. The van der Waals surface area contributed by atoms with Crippen molar-refractivity contribution in [2.45, 2.75) is 62.4 Å². The maximum Gasteiger partial charge on any atom is 0.336 e. The normalized spacial score (nSPS) is 30.3. The Balaban J connectivity index is 1.68. The molecular weight excluding hydrogens is 502 g/mol. The zero-order valence-corrected chi connectivity index (χ0v) is 20.5. The monoisotopic (exact) mass is 529 g/mol. The van der Waals surface area contributed by atoms with Gasteiger partial charge in [-0.25, -0.2) is 4.79 Å². The molecule has 7 N–H and O–H groups in total. The molecule has 0 radical (unpaired) electrons. The van der Waals surface area contributed by atoms with Crippen molar-refractivity contribution in [2.24, 2.45) is 5.73 Å². The minimum atomic E-state index is -2.44. The van der Waals surface area contributed by atoms with Gasteiger partial charge in [-0.1, -0.05) is 12.1 Å². The molecule has 12 nitrogen and oxygen atoms in total. The first kappa shape index (κ1) is 26.1. The minimum Gasteiger partial charge on any atom is -0.507 e. The van der Waals surface area contributed by atoms with Crippen molar-refractivity contribution in [1.29, 1.82) is 0 Å². The number of nitrogens with two attached hydrogens (primary N) is 1. The van der Waals surface area contributed by atoms with Crippen LogP contribution in [0.15, 0.2) is 18.2 Å². The summed E-state index contributed by atoms with van der Waals surface area (Å²) in [5.41, 5.74) is 1.98. The molecule has 2 aromatic rings. The second-order valence-electron chi connectivity index (χ2n) is 9.88. The number of aromatic hydroxyl groups is 2. The van der Waals surface area contributed by atoms with Crippen molar-refractivity contribution in [2.75, 3.05) is 7.11 Å². The standard InChI is InChI=1S/C26H27NO11/c1-9-20(28)12(27)6-15(37-9)38-14-8-26(35,25(33)34)7-11-17(14)24(32)19-18(22(11)30)21(29)10-4-3-5-13(36-2)16(10)23(19)31/h3-5,9,12,14-15,20,28,30,32,35H,6-8,27H2,1-2H3,(H,33,34)/t9-,12-,14-,15-,20-,26-/m0/s1. The number of ketones is 2. The number of carboxylic acids is 1. The number of aliphatic hydroxyl groups excluding tert-OH is 1. The molecule has 2 aliphatic carbocycles. The SMILES string of the molecule is COc1cccc2c1C(=O)c1c(O)c3c(c(O)c1C2=O)C[C@@](O)(C(=O)O)C[C@@H]3O[C@H]1C[C@H](N)[C@@H](O)[C@H](C)O1. The third kappa shape index (κ3) is 3.76. The highest BCUT2D eigenvalue weighted by atomic mass is 16.7. The summed E-state index contributed by atoms with van der Waals surface area (Å²) < 4.78 is 16.9. The van der Waals surface area contributed by atoms with Crippen LogP contribution in [-0.4, -0.2) is 80.3 Å². The first-order valence-corrected chi connectivity index (χ1v) is 12.0. The lowest BCUT2D eigenvalue weighted by molar-refractivity contribution is -0.248. The van der Waals surface area contributed by atoms with Crippen LogP contribution < -0.4 is 10.5 Å². The number of benzene rings is 2. The molecule has 0 aromatic heterocycles. The molecule has 1 saturated heterocycles. The Morgan fingerprint density at radius 3 is 2.45 bits per heavy atom. The van der Waals surface area contributed by atoms with Gasteiger partial charge in [-0.2, -0.15) is 0 Å². The molecule has 0 spiro atoms. The van der Waals surface area contributed by atoms with Crippen LogP contribution in [0.25, 0.3) is 0 Å². The number of aliphatic hydroxyl groups is 2. The second kappa shape index (κ2) is 9.03. The van der Waals surface area contributed by atoms with E-state index >= 15 is 0 Å². The Morgan fingerprint density at radius 1 is 1.13 bits per heavy atom. The minimum absolute atomic E-state index is 0.00250. The molecule has 1 fully saturated rings. The zero-order valence-electron chi connectivity index (χ0n) is 20.5. The number of rotatable bonds is 4. The van der Waals surface area contributed by atoms with E-state index in [9.17, 15) is 39.9 Å². The van der Waals surface area contributed by atoms with Gasteiger partial charge >= 0.3 is 5.97 Å². The molecule has 6 atom stereocenters. The fraction of sp³-hybridized carbons (Fsp3) is 0.423. The van der Waals surface area contributed by atoms with Crippen LogP contribution in [-0.2, 0) is 20.7 Å². The fourth-order valence-corrected chi connectivity index (χ4v) is 5.55. The number of methoxy groups -OCH3 is 1. The van der Waals surface area contributed by atoms with Crippen molar-refractivity contribution in [3.05, 3.63) is 51.6 Å². The largest absolute Gasteiger partial charge is 0.507 e. The first-order valence-electron chi connectivity index (χ1n) is 12.0. The van der Waals surface area contributed by atoms with E-state index in [1.807, 2.05) is 0 Å². The maximum absolute atomic E-state index is 13.6. The van der Waals surface area contributed by atoms with E-state index in [1.165, 1.54) is 25.3 Å². The van der Waals surface area contributed by atoms with Crippen molar-refractivity contribution in [3.63, 3.8) is 0 Å². The van der Waals surface area contributed by atoms with Crippen LogP contribution in [0.4, 0.5) is 0 Å². The van der Waals surface area contributed by atoms with Crippen molar-refractivity contribution < 1.29 is 54.1 Å². The maximum atomic E-state index is 13.6. The number of hydrogen-bond donors (Lipinski definition) is 6. The third-order valence-corrected chi connectivity index (χ3v) is 7.54. The van der Waals surface area contributed by atoms with E-state index in [1.54, 1.807) is 6.92 Å². The predicted octanol–water partition coefficient (Wildman–Crippen LogP) is 0.524. The average Bonchev–Trinajstić information content (AvgIpc) is 2.87. The number of hydrogen-bond acceptors (Lipinski definition) is 11. The Morgan fingerprint density at radius 2 is 1.82 bits per heavy atom. The zero-order chi connectivity index (χ0) is 27.7. The number of fused-ring (bicyclic) bond motifs is 3. The lowest BCUT2D eigenvalue weighted by Gasteiger charge is -2.41. The lowest BCUT2D eigenvalue weighted by atomic mass is 9.73. The quantitative estimate of drug-likeness (QED) is 0.256. The van der Waals surface area contributed by atoms with E-state index in [-0.39, 0.29) is 34.4 Å².